The fraction of sp³-hybridized carbons (Fsp3) is 0.600. The molecular weight excluding hydrogens is 594 g/mol. The van der Waals surface area contributed by atoms with E-state index in [-0.39, 0.29) is 24.3 Å². The topological polar surface area (TPSA) is 129 Å². The number of amides is 3. The Morgan fingerprint density at radius 3 is 2.51 bits per heavy atom. The SMILES string of the molecule is CNC(=O)CCN(C=O)c1cccc2c1cnn2C1CCN(CC2CCN(c3ccc(C(=O)NC4CCCCC4)nn3)CC2C)CC1. The smallest absolute Gasteiger partial charge is 0.272 e. The second kappa shape index (κ2) is 15.2. The number of nitrogens with zero attached hydrogens (tertiary/aromatic N) is 7. The largest absolute Gasteiger partial charge is 0.359 e. The highest BCUT2D eigenvalue weighted by atomic mass is 16.2. The zero-order chi connectivity index (χ0) is 32.8. The van der Waals surface area contributed by atoms with E-state index < -0.39 is 0 Å². The predicted molar refractivity (Wildman–Crippen MR) is 182 cm³/mol. The Morgan fingerprint density at radius 1 is 1.00 bits per heavy atom. The molecule has 2 aromatic heterocycles. The fourth-order valence-corrected chi connectivity index (χ4v) is 7.65. The number of aromatic nitrogens is 4. The van der Waals surface area contributed by atoms with Crippen molar-refractivity contribution < 1.29 is 14.4 Å². The van der Waals surface area contributed by atoms with Gasteiger partial charge in [0, 0.05) is 64.2 Å². The van der Waals surface area contributed by atoms with Crippen molar-refractivity contribution in [3.8, 4) is 0 Å². The highest BCUT2D eigenvalue weighted by Crippen LogP contribution is 2.33. The molecule has 1 aliphatic carbocycles. The Morgan fingerprint density at radius 2 is 1.81 bits per heavy atom. The van der Waals surface area contributed by atoms with E-state index in [0.717, 1.165) is 93.6 Å². The summed E-state index contributed by atoms with van der Waals surface area (Å²) >= 11 is 0. The Hall–Kier alpha value is -4.06. The van der Waals surface area contributed by atoms with Crippen LogP contribution in [0.1, 0.15) is 81.2 Å². The molecule has 2 unspecified atom stereocenters. The standard InChI is InChI=1S/C35H49N9O3/c1-25-22-42(33-12-11-30(39-40-33)35(47)38-27-7-4-3-5-8-27)19-13-26(25)23-41-17-14-28(15-18-41)44-32-10-6-9-31(29(32)21-37-44)43(24-45)20-16-34(46)36-2/h6,9-12,21,24-28H,3-5,7-8,13-20,22-23H2,1-2H3,(H,36,46)(H,38,47). The summed E-state index contributed by atoms with van der Waals surface area (Å²) in [6.07, 6.45) is 11.8. The Labute approximate surface area is 277 Å². The molecule has 6 rings (SSSR count). The number of benzene rings is 1. The van der Waals surface area contributed by atoms with Crippen molar-refractivity contribution >= 4 is 40.6 Å². The highest BCUT2D eigenvalue weighted by Gasteiger charge is 2.31. The van der Waals surface area contributed by atoms with Gasteiger partial charge in [-0.1, -0.05) is 32.3 Å². The van der Waals surface area contributed by atoms with Gasteiger partial charge in [0.2, 0.25) is 12.3 Å². The molecule has 12 nitrogen and oxygen atoms in total. The molecule has 2 saturated heterocycles. The van der Waals surface area contributed by atoms with Crippen LogP contribution in [0, 0.1) is 11.8 Å². The summed E-state index contributed by atoms with van der Waals surface area (Å²) in [4.78, 5) is 42.8. The lowest BCUT2D eigenvalue weighted by Gasteiger charge is -2.41. The Bertz CT molecular complexity index is 1510. The van der Waals surface area contributed by atoms with Gasteiger partial charge in [-0.25, -0.2) is 0 Å². The summed E-state index contributed by atoms with van der Waals surface area (Å²) in [5, 5.41) is 20.2. The first-order chi connectivity index (χ1) is 22.9. The van der Waals surface area contributed by atoms with Crippen molar-refractivity contribution in [1.29, 1.82) is 0 Å². The summed E-state index contributed by atoms with van der Waals surface area (Å²) in [6, 6.07) is 10.3. The van der Waals surface area contributed by atoms with E-state index in [1.54, 1.807) is 11.9 Å². The van der Waals surface area contributed by atoms with Gasteiger partial charge in [0.25, 0.3) is 5.91 Å². The molecule has 47 heavy (non-hydrogen) atoms. The van der Waals surface area contributed by atoms with Crippen LogP contribution in [0.3, 0.4) is 0 Å². The van der Waals surface area contributed by atoms with Crippen LogP contribution in [0.25, 0.3) is 10.9 Å². The summed E-state index contributed by atoms with van der Waals surface area (Å²) in [5.74, 6) is 1.78. The second-order valence-corrected chi connectivity index (χ2v) is 13.6. The molecule has 0 radical (unpaired) electrons. The number of anilines is 2. The van der Waals surface area contributed by atoms with Crippen LogP contribution in [0.4, 0.5) is 11.5 Å². The molecule has 2 aliphatic heterocycles. The number of piperidine rings is 2. The fourth-order valence-electron chi connectivity index (χ4n) is 7.65. The third-order valence-corrected chi connectivity index (χ3v) is 10.5. The number of carbonyl (C=O) groups is 3. The molecule has 252 valence electrons. The maximum atomic E-state index is 12.7. The first-order valence-corrected chi connectivity index (χ1v) is 17.4. The normalized spacial score (nSPS) is 21.4. The third-order valence-electron chi connectivity index (χ3n) is 10.5. The summed E-state index contributed by atoms with van der Waals surface area (Å²) in [7, 11) is 1.60. The maximum absolute atomic E-state index is 12.7. The quantitative estimate of drug-likeness (QED) is 0.302. The van der Waals surface area contributed by atoms with Gasteiger partial charge in [-0.3, -0.25) is 19.1 Å². The molecule has 4 heterocycles. The lowest BCUT2D eigenvalue weighted by Crippen LogP contribution is -2.46. The minimum Gasteiger partial charge on any atom is -0.359 e. The monoisotopic (exact) mass is 643 g/mol. The third kappa shape index (κ3) is 7.75. The van der Waals surface area contributed by atoms with Gasteiger partial charge in [0.1, 0.15) is 0 Å². The zero-order valence-corrected chi connectivity index (χ0v) is 27.8. The van der Waals surface area contributed by atoms with Crippen molar-refractivity contribution in [2.75, 3.05) is 56.1 Å². The first kappa shape index (κ1) is 32.9. The molecular formula is C35H49N9O3. The summed E-state index contributed by atoms with van der Waals surface area (Å²) in [6.45, 7) is 7.69. The van der Waals surface area contributed by atoms with Gasteiger partial charge < -0.3 is 25.3 Å². The van der Waals surface area contributed by atoms with Crippen LogP contribution in [-0.4, -0.2) is 95.5 Å². The predicted octanol–water partition coefficient (Wildman–Crippen LogP) is 3.79. The van der Waals surface area contributed by atoms with Crippen LogP contribution >= 0.6 is 0 Å². The summed E-state index contributed by atoms with van der Waals surface area (Å²) in [5.41, 5.74) is 2.21. The van der Waals surface area contributed by atoms with Crippen LogP contribution in [0.2, 0.25) is 0 Å². The van der Waals surface area contributed by atoms with Crippen molar-refractivity contribution in [3.05, 3.63) is 42.2 Å². The van der Waals surface area contributed by atoms with E-state index >= 15 is 0 Å². The van der Waals surface area contributed by atoms with Crippen molar-refractivity contribution in [1.82, 2.24) is 35.5 Å². The zero-order valence-electron chi connectivity index (χ0n) is 27.8. The van der Waals surface area contributed by atoms with Crippen LogP contribution in [0.15, 0.2) is 36.5 Å². The lowest BCUT2D eigenvalue weighted by molar-refractivity contribution is -0.120. The number of hydrogen-bond acceptors (Lipinski definition) is 8. The molecule has 3 fully saturated rings. The van der Waals surface area contributed by atoms with E-state index in [9.17, 15) is 14.4 Å². The molecule has 0 bridgehead atoms. The molecule has 0 spiro atoms. The molecule has 3 amide bonds. The van der Waals surface area contributed by atoms with E-state index in [1.165, 1.54) is 19.3 Å². The Balaban J connectivity index is 0.988. The molecule has 12 heteroatoms. The minimum absolute atomic E-state index is 0.0952. The van der Waals surface area contributed by atoms with Crippen molar-refractivity contribution in [2.24, 2.45) is 11.8 Å². The summed E-state index contributed by atoms with van der Waals surface area (Å²) < 4.78 is 2.13. The molecule has 2 atom stereocenters. The van der Waals surface area contributed by atoms with Gasteiger partial charge in [0.05, 0.1) is 23.4 Å². The maximum Gasteiger partial charge on any atom is 0.272 e. The first-order valence-electron chi connectivity index (χ1n) is 17.4. The van der Waals surface area contributed by atoms with Gasteiger partial charge >= 0.3 is 0 Å². The average Bonchev–Trinajstić information content (AvgIpc) is 3.55. The van der Waals surface area contributed by atoms with Gasteiger partial charge in [0.15, 0.2) is 11.5 Å². The van der Waals surface area contributed by atoms with E-state index in [2.05, 4.69) is 48.3 Å². The number of carbonyl (C=O) groups excluding carboxylic acids is 3. The minimum atomic E-state index is -0.115. The molecule has 2 N–H and O–H groups in total. The van der Waals surface area contributed by atoms with E-state index in [1.807, 2.05) is 30.5 Å². The van der Waals surface area contributed by atoms with E-state index in [4.69, 9.17) is 5.10 Å². The van der Waals surface area contributed by atoms with Crippen LogP contribution < -0.4 is 20.4 Å². The molecule has 1 aromatic carbocycles. The number of fused-ring (bicyclic) bond motifs is 1. The van der Waals surface area contributed by atoms with Crippen molar-refractivity contribution in [2.45, 2.75) is 76.8 Å². The highest BCUT2D eigenvalue weighted by molar-refractivity contribution is 5.97. The van der Waals surface area contributed by atoms with Crippen molar-refractivity contribution in [3.63, 3.8) is 0 Å². The Kier molecular flexibility index (Phi) is 10.6. The number of rotatable bonds is 11. The number of likely N-dealkylation sites (tertiary alicyclic amines) is 1. The number of hydrogen-bond donors (Lipinski definition) is 2. The van der Waals surface area contributed by atoms with Crippen LogP contribution in [0.5, 0.6) is 0 Å². The van der Waals surface area contributed by atoms with Gasteiger partial charge in [-0.2, -0.15) is 5.10 Å². The van der Waals surface area contributed by atoms with Gasteiger partial charge in [-0.15, -0.1) is 10.2 Å². The van der Waals surface area contributed by atoms with Crippen LogP contribution in [-0.2, 0) is 9.59 Å². The number of nitrogens with one attached hydrogen (secondary N) is 2. The molecule has 3 aliphatic rings. The molecule has 1 saturated carbocycles. The average molecular weight is 644 g/mol. The lowest BCUT2D eigenvalue weighted by atomic mass is 9.86. The van der Waals surface area contributed by atoms with Gasteiger partial charge in [-0.05, 0) is 68.2 Å². The second-order valence-electron chi connectivity index (χ2n) is 13.6. The molecule has 3 aromatic rings. The van der Waals surface area contributed by atoms with E-state index in [0.29, 0.717) is 30.1 Å².